The second kappa shape index (κ2) is 8.68. The lowest BCUT2D eigenvalue weighted by molar-refractivity contribution is -0.139. The monoisotopic (exact) mass is 423 g/mol. The van der Waals surface area contributed by atoms with Gasteiger partial charge in [0, 0.05) is 22.5 Å². The van der Waals surface area contributed by atoms with Crippen LogP contribution in [0, 0.1) is 0 Å². The molecule has 2 heterocycles. The third kappa shape index (κ3) is 4.13. The van der Waals surface area contributed by atoms with Crippen molar-refractivity contribution in [3.63, 3.8) is 0 Å². The Morgan fingerprint density at radius 2 is 1.86 bits per heavy atom. The number of hydrogen-bond donors (Lipinski definition) is 0. The maximum atomic E-state index is 11.9. The third-order valence-corrected chi connectivity index (χ3v) is 5.58. The van der Waals surface area contributed by atoms with Crippen molar-refractivity contribution in [1.29, 1.82) is 0 Å². The highest BCUT2D eigenvalue weighted by molar-refractivity contribution is 8.00. The third-order valence-electron chi connectivity index (χ3n) is 4.37. The van der Waals surface area contributed by atoms with E-state index in [1.165, 1.54) is 18.1 Å². The predicted molar refractivity (Wildman–Crippen MR) is 117 cm³/mol. The van der Waals surface area contributed by atoms with Crippen molar-refractivity contribution in [2.45, 2.75) is 11.9 Å². The average Bonchev–Trinajstić information content (AvgIpc) is 3.14. The Morgan fingerprint density at radius 3 is 2.59 bits per heavy atom. The number of hydrogen-bond acceptors (Lipinski definition) is 5. The molecular weight excluding hydrogens is 406 g/mol. The van der Waals surface area contributed by atoms with Crippen LogP contribution < -0.4 is 0 Å². The largest absolute Gasteiger partial charge is 0.465 e. The molecule has 5 nitrogen and oxygen atoms in total. The number of ether oxygens (including phenoxy) is 1. The van der Waals surface area contributed by atoms with Crippen LogP contribution in [-0.2, 0) is 9.53 Å². The molecular formula is C22H18ClN3O2S. The van der Waals surface area contributed by atoms with E-state index in [0.717, 1.165) is 32.9 Å². The van der Waals surface area contributed by atoms with E-state index in [1.807, 2.05) is 65.4 Å². The number of halogens is 1. The minimum atomic E-state index is -0.261. The summed E-state index contributed by atoms with van der Waals surface area (Å²) in [5, 5.41) is 2.33. The first-order valence-electron chi connectivity index (χ1n) is 9.13. The molecule has 146 valence electrons. The molecule has 0 aliphatic carbocycles. The molecule has 0 aliphatic rings. The van der Waals surface area contributed by atoms with Gasteiger partial charge in [0.1, 0.15) is 17.0 Å². The summed E-state index contributed by atoms with van der Waals surface area (Å²) in [7, 11) is 0. The van der Waals surface area contributed by atoms with Crippen LogP contribution in [0.2, 0.25) is 5.02 Å². The summed E-state index contributed by atoms with van der Waals surface area (Å²) < 4.78 is 7.07. The average molecular weight is 424 g/mol. The number of fused-ring (bicyclic) bond motifs is 1. The first-order chi connectivity index (χ1) is 14.2. The maximum absolute atomic E-state index is 11.9. The van der Waals surface area contributed by atoms with Gasteiger partial charge < -0.3 is 9.30 Å². The Hall–Kier alpha value is -2.83. The lowest BCUT2D eigenvalue weighted by Crippen LogP contribution is -2.06. The van der Waals surface area contributed by atoms with Gasteiger partial charge in [-0.05, 0) is 36.8 Å². The molecule has 0 spiro atoms. The molecule has 7 heteroatoms. The van der Waals surface area contributed by atoms with Crippen LogP contribution in [0.3, 0.4) is 0 Å². The molecule has 2 aromatic carbocycles. The van der Waals surface area contributed by atoms with Crippen LogP contribution in [0.15, 0.2) is 72.1 Å². The topological polar surface area (TPSA) is 57.0 Å². The fourth-order valence-corrected chi connectivity index (χ4v) is 4.04. The Morgan fingerprint density at radius 1 is 1.10 bits per heavy atom. The van der Waals surface area contributed by atoms with E-state index in [1.54, 1.807) is 6.92 Å². The van der Waals surface area contributed by atoms with Crippen molar-refractivity contribution in [1.82, 2.24) is 14.5 Å². The fraction of sp³-hybridized carbons (Fsp3) is 0.136. The zero-order valence-electron chi connectivity index (χ0n) is 15.7. The molecule has 0 saturated carbocycles. The minimum absolute atomic E-state index is 0.195. The number of thioether (sulfide) groups is 1. The first kappa shape index (κ1) is 19.5. The van der Waals surface area contributed by atoms with E-state index in [9.17, 15) is 4.79 Å². The van der Waals surface area contributed by atoms with Gasteiger partial charge in [0.25, 0.3) is 0 Å². The summed E-state index contributed by atoms with van der Waals surface area (Å²) in [4.78, 5) is 20.9. The van der Waals surface area contributed by atoms with Gasteiger partial charge in [-0.2, -0.15) is 0 Å². The predicted octanol–water partition coefficient (Wildman–Crippen LogP) is 5.40. The van der Waals surface area contributed by atoms with Crippen molar-refractivity contribution in [2.75, 3.05) is 12.4 Å². The van der Waals surface area contributed by atoms with Crippen LogP contribution in [0.5, 0.6) is 0 Å². The molecule has 29 heavy (non-hydrogen) atoms. The van der Waals surface area contributed by atoms with E-state index < -0.39 is 0 Å². The number of rotatable bonds is 6. The summed E-state index contributed by atoms with van der Waals surface area (Å²) in [6.45, 7) is 2.16. The quantitative estimate of drug-likeness (QED) is 0.236. The molecule has 0 amide bonds. The van der Waals surface area contributed by atoms with Crippen molar-refractivity contribution >= 4 is 40.4 Å². The van der Waals surface area contributed by atoms with Crippen LogP contribution >= 0.6 is 23.4 Å². The molecule has 4 rings (SSSR count). The summed E-state index contributed by atoms with van der Waals surface area (Å²) in [6.07, 6.45) is 3.57. The van der Waals surface area contributed by atoms with Crippen molar-refractivity contribution in [3.05, 3.63) is 72.1 Å². The SMILES string of the molecule is CCOC(=O)CSc1ncnc2c1c(-c1ccccc1)cn2-c1ccc(Cl)cc1. The maximum Gasteiger partial charge on any atom is 0.316 e. The molecule has 0 fully saturated rings. The highest BCUT2D eigenvalue weighted by Gasteiger charge is 2.18. The zero-order valence-corrected chi connectivity index (χ0v) is 17.3. The standard InChI is InChI=1S/C22H18ClN3O2S/c1-2-28-19(27)13-29-22-20-18(15-6-4-3-5-7-15)12-26(21(20)24-14-25-22)17-10-8-16(23)9-11-17/h3-12,14H,2,13H2,1H3. The summed E-state index contributed by atoms with van der Waals surface area (Å²) in [5.74, 6) is -0.0667. The Bertz CT molecular complexity index is 1140. The number of carbonyl (C=O) groups is 1. The smallest absolute Gasteiger partial charge is 0.316 e. The highest BCUT2D eigenvalue weighted by atomic mass is 35.5. The van der Waals surface area contributed by atoms with E-state index in [-0.39, 0.29) is 11.7 Å². The molecule has 0 radical (unpaired) electrons. The summed E-state index contributed by atoms with van der Waals surface area (Å²) >= 11 is 7.42. The second-order valence-corrected chi connectivity index (χ2v) is 7.63. The van der Waals surface area contributed by atoms with Gasteiger partial charge in [-0.15, -0.1) is 0 Å². The number of carbonyl (C=O) groups excluding carboxylic acids is 1. The van der Waals surface area contributed by atoms with Crippen LogP contribution in [-0.4, -0.2) is 32.9 Å². The number of benzene rings is 2. The molecule has 4 aromatic rings. The summed E-state index contributed by atoms with van der Waals surface area (Å²) in [6, 6.07) is 17.7. The van der Waals surface area contributed by atoms with Gasteiger partial charge in [-0.25, -0.2) is 9.97 Å². The normalized spacial score (nSPS) is 11.0. The lowest BCUT2D eigenvalue weighted by atomic mass is 10.1. The van der Waals surface area contributed by atoms with Gasteiger partial charge in [0.05, 0.1) is 17.7 Å². The number of aromatic nitrogens is 3. The summed E-state index contributed by atoms with van der Waals surface area (Å²) in [5.41, 5.74) is 3.77. The fourth-order valence-electron chi connectivity index (χ4n) is 3.11. The molecule has 0 aliphatic heterocycles. The molecule has 0 N–H and O–H groups in total. The molecule has 0 atom stereocenters. The van der Waals surface area contributed by atoms with Gasteiger partial charge in [-0.1, -0.05) is 53.7 Å². The lowest BCUT2D eigenvalue weighted by Gasteiger charge is -2.06. The first-order valence-corrected chi connectivity index (χ1v) is 10.5. The van der Waals surface area contributed by atoms with Crippen molar-refractivity contribution < 1.29 is 9.53 Å². The Kier molecular flexibility index (Phi) is 5.83. The van der Waals surface area contributed by atoms with Gasteiger partial charge in [-0.3, -0.25) is 4.79 Å². The Labute approximate surface area is 177 Å². The molecule has 2 aromatic heterocycles. The van der Waals surface area contributed by atoms with Crippen molar-refractivity contribution in [3.8, 4) is 16.8 Å². The van der Waals surface area contributed by atoms with Gasteiger partial charge in [0.15, 0.2) is 0 Å². The van der Waals surface area contributed by atoms with Crippen LogP contribution in [0.4, 0.5) is 0 Å². The van der Waals surface area contributed by atoms with E-state index >= 15 is 0 Å². The second-order valence-electron chi connectivity index (χ2n) is 6.23. The van der Waals surface area contributed by atoms with E-state index in [4.69, 9.17) is 16.3 Å². The van der Waals surface area contributed by atoms with E-state index in [2.05, 4.69) is 9.97 Å². The van der Waals surface area contributed by atoms with Crippen LogP contribution in [0.25, 0.3) is 27.8 Å². The molecule has 0 bridgehead atoms. The van der Waals surface area contributed by atoms with Crippen LogP contribution in [0.1, 0.15) is 6.92 Å². The number of esters is 1. The van der Waals surface area contributed by atoms with Gasteiger partial charge >= 0.3 is 5.97 Å². The molecule has 0 unspecified atom stereocenters. The van der Waals surface area contributed by atoms with E-state index in [0.29, 0.717) is 11.6 Å². The zero-order chi connectivity index (χ0) is 20.2. The van der Waals surface area contributed by atoms with Crippen molar-refractivity contribution in [2.24, 2.45) is 0 Å². The minimum Gasteiger partial charge on any atom is -0.465 e. The van der Waals surface area contributed by atoms with Gasteiger partial charge in [0.2, 0.25) is 0 Å². The number of nitrogens with zero attached hydrogens (tertiary/aromatic N) is 3. The molecule has 0 saturated heterocycles. The highest BCUT2D eigenvalue weighted by Crippen LogP contribution is 2.36. The Balaban J connectivity index is 1.87.